The number of halogens is 2. The van der Waals surface area contributed by atoms with Crippen LogP contribution in [0.15, 0.2) is 24.3 Å². The SMILES string of the molecule is CCC[C@@H]1c2cc3c4c(CBr)c2OCOc2c1cc1c(c2COC(C)=O)OCOc2c(cc5c(c2CBr)OCOc2c(cc(c(c2COC(C)=O)OCO4)[C@@H]3CCC)[C@H]5CCC)[C@@H]1CCC. The molecule has 12 nitrogen and oxygen atoms in total. The topological polar surface area (TPSA) is 126 Å². The number of benzene rings is 4. The number of esters is 2. The Hall–Kier alpha value is -4.82. The molecule has 0 radical (unpaired) electrons. The molecule has 4 aromatic carbocycles. The van der Waals surface area contributed by atoms with Crippen molar-refractivity contribution in [3.63, 3.8) is 0 Å². The standard InChI is InChI=1S/C52H58Br2O12/c1-7-11-29-33-15-34-30(12-8-2)39-18-40-32(14-10-4)36-16-35-31(13-9-3)38-17-37(29)49-43(21-57-27(5)55)50(38)64-25-61-47(35)42(20-54)48(36)62-26-66-52(40)44(22-58-28(6)56)51(39)65-24-60-46(34)41(19-53)45(33)59-23-63-49/h15-18,29-32H,7-14,19-26H2,1-6H3/t29-,30-,31+,32+. The first kappa shape index (κ1) is 46.3. The second-order valence-electron chi connectivity index (χ2n) is 17.6. The summed E-state index contributed by atoms with van der Waals surface area (Å²) >= 11 is 7.75. The molecule has 0 N–H and O–H groups in total. The highest BCUT2D eigenvalue weighted by Gasteiger charge is 2.41. The Kier molecular flexibility index (Phi) is 13.9. The van der Waals surface area contributed by atoms with Crippen LogP contribution >= 0.6 is 31.9 Å². The van der Waals surface area contributed by atoms with Gasteiger partial charge in [0.2, 0.25) is 27.2 Å². The minimum absolute atomic E-state index is 0.0688. The monoisotopic (exact) mass is 1030 g/mol. The van der Waals surface area contributed by atoms with Gasteiger partial charge in [0.25, 0.3) is 0 Å². The summed E-state index contributed by atoms with van der Waals surface area (Å²) in [6, 6.07) is 9.16. The smallest absolute Gasteiger partial charge is 0.302 e. The normalized spacial score (nSPS) is 19.3. The lowest BCUT2D eigenvalue weighted by Crippen LogP contribution is -2.25. The Morgan fingerprint density at radius 1 is 0.424 bits per heavy atom. The quantitative estimate of drug-likeness (QED) is 0.0881. The van der Waals surface area contributed by atoms with E-state index in [9.17, 15) is 9.59 Å². The van der Waals surface area contributed by atoms with E-state index >= 15 is 0 Å². The van der Waals surface area contributed by atoms with Crippen LogP contribution in [-0.2, 0) is 42.9 Å². The Bertz CT molecular complexity index is 2230. The van der Waals surface area contributed by atoms with Crippen LogP contribution in [0.3, 0.4) is 0 Å². The van der Waals surface area contributed by atoms with Crippen LogP contribution in [0.4, 0.5) is 0 Å². The van der Waals surface area contributed by atoms with Gasteiger partial charge < -0.3 is 47.4 Å². The maximum atomic E-state index is 12.7. The summed E-state index contributed by atoms with van der Waals surface area (Å²) in [5.74, 6) is 3.38. The highest BCUT2D eigenvalue weighted by molar-refractivity contribution is 9.08. The molecule has 5 aliphatic rings. The van der Waals surface area contributed by atoms with Crippen LogP contribution in [0, 0.1) is 0 Å². The zero-order valence-corrected chi connectivity index (χ0v) is 41.8. The van der Waals surface area contributed by atoms with Crippen molar-refractivity contribution in [3.8, 4) is 46.0 Å². The number of rotatable bonds is 14. The third-order valence-electron chi connectivity index (χ3n) is 13.6. The van der Waals surface area contributed by atoms with E-state index < -0.39 is 11.9 Å². The van der Waals surface area contributed by atoms with Crippen LogP contribution in [0.1, 0.15) is 183 Å². The molecule has 8 bridgehead atoms. The zero-order valence-electron chi connectivity index (χ0n) is 38.6. The summed E-state index contributed by atoms with van der Waals surface area (Å²) in [6.07, 6.45) is 6.42. The van der Waals surface area contributed by atoms with Gasteiger partial charge in [-0.3, -0.25) is 9.59 Å². The van der Waals surface area contributed by atoms with Gasteiger partial charge in [0.1, 0.15) is 59.2 Å². The van der Waals surface area contributed by atoms with Gasteiger partial charge in [-0.25, -0.2) is 0 Å². The van der Waals surface area contributed by atoms with Crippen LogP contribution in [0.2, 0.25) is 0 Å². The van der Waals surface area contributed by atoms with E-state index in [1.165, 1.54) is 13.8 Å². The molecular weight excluding hydrogens is 976 g/mol. The minimum atomic E-state index is -0.415. The number of alkyl halides is 2. The maximum absolute atomic E-state index is 12.7. The first-order valence-corrected chi connectivity index (χ1v) is 25.6. The fourth-order valence-corrected chi connectivity index (χ4v) is 12.0. The molecule has 4 aromatic rings. The van der Waals surface area contributed by atoms with E-state index in [1.54, 1.807) is 0 Å². The second kappa shape index (κ2) is 19.8. The molecule has 0 fully saturated rings. The molecule has 4 aliphatic heterocycles. The molecule has 66 heavy (non-hydrogen) atoms. The van der Waals surface area contributed by atoms with Crippen LogP contribution in [0.25, 0.3) is 0 Å². The molecule has 4 atom stereocenters. The average Bonchev–Trinajstić information content (AvgIpc) is 3.28. The molecule has 0 aromatic heterocycles. The lowest BCUT2D eigenvalue weighted by Gasteiger charge is -2.37. The molecule has 352 valence electrons. The Morgan fingerprint density at radius 3 is 0.818 bits per heavy atom. The van der Waals surface area contributed by atoms with Crippen molar-refractivity contribution in [1.29, 1.82) is 0 Å². The number of hydrogen-bond donors (Lipinski definition) is 0. The first-order valence-electron chi connectivity index (χ1n) is 23.4. The highest BCUT2D eigenvalue weighted by Crippen LogP contribution is 2.58. The van der Waals surface area contributed by atoms with E-state index in [0.29, 0.717) is 67.8 Å². The summed E-state index contributed by atoms with van der Waals surface area (Å²) < 4.78 is 65.7. The maximum Gasteiger partial charge on any atom is 0.302 e. The van der Waals surface area contributed by atoms with Gasteiger partial charge >= 0.3 is 11.9 Å². The number of carbonyl (C=O) groups is 2. The van der Waals surface area contributed by atoms with Gasteiger partial charge in [0.15, 0.2) is 0 Å². The number of carbonyl (C=O) groups excluding carboxylic acids is 2. The van der Waals surface area contributed by atoms with Gasteiger partial charge in [-0.1, -0.05) is 85.2 Å². The first-order chi connectivity index (χ1) is 32.2. The fourth-order valence-electron chi connectivity index (χ4n) is 10.9. The van der Waals surface area contributed by atoms with Crippen LogP contribution in [-0.4, -0.2) is 39.1 Å². The predicted octanol–water partition coefficient (Wildman–Crippen LogP) is 12.6. The lowest BCUT2D eigenvalue weighted by atomic mass is 9.74. The summed E-state index contributed by atoms with van der Waals surface area (Å²) in [6.45, 7) is 11.0. The van der Waals surface area contributed by atoms with E-state index in [2.05, 4.69) is 83.8 Å². The Morgan fingerprint density at radius 2 is 0.636 bits per heavy atom. The predicted molar refractivity (Wildman–Crippen MR) is 253 cm³/mol. The van der Waals surface area contributed by atoms with Gasteiger partial charge in [0.05, 0.1) is 11.1 Å². The van der Waals surface area contributed by atoms with Gasteiger partial charge in [-0.05, 0) is 49.9 Å². The third kappa shape index (κ3) is 8.11. The van der Waals surface area contributed by atoms with Gasteiger partial charge in [-0.2, -0.15) is 0 Å². The van der Waals surface area contributed by atoms with Crippen molar-refractivity contribution in [2.75, 3.05) is 27.2 Å². The number of ether oxygens (including phenoxy) is 10. The van der Waals surface area contributed by atoms with Gasteiger partial charge in [0, 0.05) is 104 Å². The molecular formula is C52H58Br2O12. The molecule has 4 heterocycles. The molecule has 9 rings (SSSR count). The molecule has 0 saturated heterocycles. The van der Waals surface area contributed by atoms with Crippen LogP contribution in [0.5, 0.6) is 46.0 Å². The van der Waals surface area contributed by atoms with E-state index in [4.69, 9.17) is 47.4 Å². The minimum Gasteiger partial charge on any atom is -0.461 e. The molecule has 0 spiro atoms. The summed E-state index contributed by atoms with van der Waals surface area (Å²) in [4.78, 5) is 25.3. The molecule has 0 unspecified atom stereocenters. The van der Waals surface area contributed by atoms with Crippen molar-refractivity contribution in [3.05, 3.63) is 91.0 Å². The molecule has 0 saturated carbocycles. The van der Waals surface area contributed by atoms with Gasteiger partial charge in [-0.15, -0.1) is 0 Å². The van der Waals surface area contributed by atoms with Crippen molar-refractivity contribution in [1.82, 2.24) is 0 Å². The van der Waals surface area contributed by atoms with Crippen molar-refractivity contribution < 1.29 is 57.0 Å². The fraction of sp³-hybridized carbons (Fsp3) is 0.500. The average molecular weight is 1030 g/mol. The van der Waals surface area contributed by atoms with Crippen LogP contribution < -0.4 is 37.9 Å². The van der Waals surface area contributed by atoms with E-state index in [0.717, 1.165) is 107 Å². The van der Waals surface area contributed by atoms with Crippen molar-refractivity contribution in [2.24, 2.45) is 0 Å². The van der Waals surface area contributed by atoms with E-state index in [-0.39, 0.29) is 64.1 Å². The Labute approximate surface area is 403 Å². The summed E-state index contributed by atoms with van der Waals surface area (Å²) in [5.41, 5.74) is 10.9. The summed E-state index contributed by atoms with van der Waals surface area (Å²) in [7, 11) is 0. The molecule has 14 heteroatoms. The van der Waals surface area contributed by atoms with E-state index in [1.807, 2.05) is 0 Å². The highest BCUT2D eigenvalue weighted by atomic mass is 79.9. The summed E-state index contributed by atoms with van der Waals surface area (Å²) in [5, 5.41) is 0.878. The third-order valence-corrected chi connectivity index (χ3v) is 14.7. The zero-order chi connectivity index (χ0) is 46.2. The van der Waals surface area contributed by atoms with Crippen molar-refractivity contribution >= 4 is 43.8 Å². The largest absolute Gasteiger partial charge is 0.461 e. The molecule has 0 amide bonds. The lowest BCUT2D eigenvalue weighted by molar-refractivity contribution is -0.143. The second-order valence-corrected chi connectivity index (χ2v) is 18.7. The Balaban J connectivity index is 1.50. The number of hydrogen-bond acceptors (Lipinski definition) is 12. The molecule has 1 aliphatic carbocycles. The van der Waals surface area contributed by atoms with Crippen molar-refractivity contribution in [2.45, 2.75) is 140 Å².